The Morgan fingerprint density at radius 3 is 2.60 bits per heavy atom. The first-order chi connectivity index (χ1) is 16.7. The summed E-state index contributed by atoms with van der Waals surface area (Å²) < 4.78 is 21.7. The average molecular weight is 484 g/mol. The highest BCUT2D eigenvalue weighted by molar-refractivity contribution is 6.08. The van der Waals surface area contributed by atoms with Gasteiger partial charge >= 0.3 is 12.1 Å². The fourth-order valence-corrected chi connectivity index (χ4v) is 3.54. The van der Waals surface area contributed by atoms with E-state index in [2.05, 4.69) is 15.3 Å². The number of ether oxygens (including phenoxy) is 4. The Balaban J connectivity index is 1.51. The van der Waals surface area contributed by atoms with Gasteiger partial charge in [0.05, 0.1) is 24.8 Å². The molecule has 1 N–H and O–H groups in total. The van der Waals surface area contributed by atoms with Gasteiger partial charge in [0, 0.05) is 41.2 Å². The van der Waals surface area contributed by atoms with Gasteiger partial charge < -0.3 is 24.3 Å². The number of carbonyl (C=O) groups is 2. The molecule has 1 atom stereocenters. The standard InChI is InChI=1S/C26H33N3O6/c1-17(28-25(31)35-26(2,3)4)7-6-12-33-13-14-34-23-20-10-11-27-16-21(20)19-9-8-18(24(30)32-5)15-22(19)29-23/h8-11,15-17H,6-7,12-14H2,1-5H3,(H,28,31)/t17-/m0/s1. The average Bonchev–Trinajstić information content (AvgIpc) is 2.81. The molecule has 3 aromatic rings. The van der Waals surface area contributed by atoms with E-state index in [1.807, 2.05) is 39.8 Å². The zero-order chi connectivity index (χ0) is 25.4. The molecular weight excluding hydrogens is 450 g/mol. The lowest BCUT2D eigenvalue weighted by atomic mass is 10.1. The Kier molecular flexibility index (Phi) is 8.81. The molecule has 2 heterocycles. The van der Waals surface area contributed by atoms with Crippen LogP contribution in [0.15, 0.2) is 36.7 Å². The molecule has 188 valence electrons. The predicted octanol–water partition coefficient (Wildman–Crippen LogP) is 4.66. The molecule has 0 unspecified atom stereocenters. The Labute approximate surface area is 205 Å². The van der Waals surface area contributed by atoms with E-state index in [0.29, 0.717) is 36.8 Å². The third kappa shape index (κ3) is 7.51. The highest BCUT2D eigenvalue weighted by Gasteiger charge is 2.17. The van der Waals surface area contributed by atoms with Crippen molar-refractivity contribution in [3.8, 4) is 5.88 Å². The molecule has 9 nitrogen and oxygen atoms in total. The molecule has 0 bridgehead atoms. The van der Waals surface area contributed by atoms with Gasteiger partial charge in [-0.1, -0.05) is 6.07 Å². The van der Waals surface area contributed by atoms with E-state index in [1.54, 1.807) is 24.5 Å². The molecule has 3 rings (SSSR count). The van der Waals surface area contributed by atoms with Crippen molar-refractivity contribution < 1.29 is 28.5 Å². The van der Waals surface area contributed by atoms with Crippen LogP contribution in [-0.4, -0.2) is 60.6 Å². The number of methoxy groups -OCH3 is 1. The smallest absolute Gasteiger partial charge is 0.407 e. The number of amides is 1. The summed E-state index contributed by atoms with van der Waals surface area (Å²) in [7, 11) is 1.34. The molecule has 0 saturated carbocycles. The van der Waals surface area contributed by atoms with Crippen LogP contribution in [0.3, 0.4) is 0 Å². The Morgan fingerprint density at radius 2 is 1.86 bits per heavy atom. The summed E-state index contributed by atoms with van der Waals surface area (Å²) in [6.45, 7) is 8.69. The summed E-state index contributed by atoms with van der Waals surface area (Å²) in [5.41, 5.74) is 0.523. The minimum Gasteiger partial charge on any atom is -0.475 e. The van der Waals surface area contributed by atoms with Crippen LogP contribution in [0.25, 0.3) is 21.7 Å². The molecular formula is C26H33N3O6. The van der Waals surface area contributed by atoms with Crippen molar-refractivity contribution in [3.63, 3.8) is 0 Å². The van der Waals surface area contributed by atoms with Gasteiger partial charge in [-0.3, -0.25) is 4.98 Å². The Hall–Kier alpha value is -3.46. The first-order valence-electron chi connectivity index (χ1n) is 11.6. The lowest BCUT2D eigenvalue weighted by molar-refractivity contribution is 0.0499. The van der Waals surface area contributed by atoms with E-state index >= 15 is 0 Å². The third-order valence-electron chi connectivity index (χ3n) is 5.14. The van der Waals surface area contributed by atoms with Crippen LogP contribution >= 0.6 is 0 Å². The first-order valence-corrected chi connectivity index (χ1v) is 11.6. The molecule has 2 aromatic heterocycles. The maximum absolute atomic E-state index is 11.9. The summed E-state index contributed by atoms with van der Waals surface area (Å²) in [6.07, 6.45) is 4.59. The molecule has 35 heavy (non-hydrogen) atoms. The number of nitrogens with zero attached hydrogens (tertiary/aromatic N) is 2. The van der Waals surface area contributed by atoms with Gasteiger partial charge in [0.25, 0.3) is 0 Å². The molecule has 0 fully saturated rings. The number of hydrogen-bond acceptors (Lipinski definition) is 8. The molecule has 9 heteroatoms. The van der Waals surface area contributed by atoms with Crippen molar-refractivity contribution in [2.24, 2.45) is 0 Å². The summed E-state index contributed by atoms with van der Waals surface area (Å²) in [6, 6.07) is 7.07. The van der Waals surface area contributed by atoms with E-state index in [4.69, 9.17) is 18.9 Å². The Bertz CT molecular complexity index is 1170. The van der Waals surface area contributed by atoms with E-state index in [1.165, 1.54) is 7.11 Å². The van der Waals surface area contributed by atoms with Gasteiger partial charge in [-0.05, 0) is 58.7 Å². The quantitative estimate of drug-likeness (QED) is 0.252. The number of aromatic nitrogens is 2. The number of benzene rings is 1. The van der Waals surface area contributed by atoms with E-state index in [9.17, 15) is 9.59 Å². The molecule has 0 saturated heterocycles. The molecule has 1 aromatic carbocycles. The predicted molar refractivity (Wildman–Crippen MR) is 133 cm³/mol. The van der Waals surface area contributed by atoms with Crippen LogP contribution in [0.2, 0.25) is 0 Å². The molecule has 0 spiro atoms. The number of fused-ring (bicyclic) bond motifs is 3. The van der Waals surface area contributed by atoms with Gasteiger partial charge in [0.15, 0.2) is 0 Å². The molecule has 0 aliphatic rings. The van der Waals surface area contributed by atoms with Crippen LogP contribution in [0.5, 0.6) is 5.88 Å². The lowest BCUT2D eigenvalue weighted by Gasteiger charge is -2.21. The zero-order valence-corrected chi connectivity index (χ0v) is 20.9. The third-order valence-corrected chi connectivity index (χ3v) is 5.14. The van der Waals surface area contributed by atoms with Crippen LogP contribution in [0, 0.1) is 0 Å². The number of alkyl carbamates (subject to hydrolysis) is 1. The number of hydrogen-bond donors (Lipinski definition) is 1. The van der Waals surface area contributed by atoms with Gasteiger partial charge in [-0.25, -0.2) is 14.6 Å². The molecule has 0 aliphatic heterocycles. The van der Waals surface area contributed by atoms with Crippen molar-refractivity contribution in [3.05, 3.63) is 42.2 Å². The first kappa shape index (κ1) is 26.2. The monoisotopic (exact) mass is 483 g/mol. The van der Waals surface area contributed by atoms with E-state index in [-0.39, 0.29) is 6.04 Å². The molecule has 1 amide bonds. The minimum absolute atomic E-state index is 0.0126. The maximum atomic E-state index is 11.9. The van der Waals surface area contributed by atoms with Crippen LogP contribution in [0.1, 0.15) is 50.9 Å². The Morgan fingerprint density at radius 1 is 1.06 bits per heavy atom. The summed E-state index contributed by atoms with van der Waals surface area (Å²) in [5.74, 6) is 0.0298. The molecule has 0 aliphatic carbocycles. The topological polar surface area (TPSA) is 109 Å². The highest BCUT2D eigenvalue weighted by atomic mass is 16.6. The van der Waals surface area contributed by atoms with Crippen molar-refractivity contribution in [2.75, 3.05) is 26.9 Å². The lowest BCUT2D eigenvalue weighted by Crippen LogP contribution is -2.37. The van der Waals surface area contributed by atoms with Crippen LogP contribution < -0.4 is 10.1 Å². The largest absolute Gasteiger partial charge is 0.475 e. The second-order valence-electron chi connectivity index (χ2n) is 9.21. The normalized spacial score (nSPS) is 12.4. The van der Waals surface area contributed by atoms with E-state index in [0.717, 1.165) is 29.0 Å². The molecule has 0 radical (unpaired) electrons. The summed E-state index contributed by atoms with van der Waals surface area (Å²) in [4.78, 5) is 32.6. The van der Waals surface area contributed by atoms with Gasteiger partial charge in [-0.15, -0.1) is 0 Å². The van der Waals surface area contributed by atoms with Gasteiger partial charge in [-0.2, -0.15) is 0 Å². The fourth-order valence-electron chi connectivity index (χ4n) is 3.54. The van der Waals surface area contributed by atoms with Crippen LogP contribution in [-0.2, 0) is 14.2 Å². The summed E-state index contributed by atoms with van der Waals surface area (Å²) >= 11 is 0. The second-order valence-corrected chi connectivity index (χ2v) is 9.21. The number of pyridine rings is 2. The van der Waals surface area contributed by atoms with Crippen molar-refractivity contribution >= 4 is 33.7 Å². The van der Waals surface area contributed by atoms with Crippen molar-refractivity contribution in [2.45, 2.75) is 52.2 Å². The zero-order valence-electron chi connectivity index (χ0n) is 20.9. The van der Waals surface area contributed by atoms with Crippen molar-refractivity contribution in [1.82, 2.24) is 15.3 Å². The minimum atomic E-state index is -0.516. The number of nitrogens with one attached hydrogen (secondary N) is 1. The van der Waals surface area contributed by atoms with E-state index < -0.39 is 17.7 Å². The number of rotatable bonds is 10. The van der Waals surface area contributed by atoms with Crippen molar-refractivity contribution in [1.29, 1.82) is 0 Å². The highest BCUT2D eigenvalue weighted by Crippen LogP contribution is 2.30. The van der Waals surface area contributed by atoms with Crippen LogP contribution in [0.4, 0.5) is 4.79 Å². The number of carbonyl (C=O) groups excluding carboxylic acids is 2. The van der Waals surface area contributed by atoms with Gasteiger partial charge in [0.2, 0.25) is 5.88 Å². The number of esters is 1. The second kappa shape index (κ2) is 11.8. The summed E-state index contributed by atoms with van der Waals surface area (Å²) in [5, 5.41) is 5.42. The maximum Gasteiger partial charge on any atom is 0.407 e. The van der Waals surface area contributed by atoms with Gasteiger partial charge in [0.1, 0.15) is 12.2 Å². The fraction of sp³-hybridized carbons (Fsp3) is 0.462. The SMILES string of the molecule is COC(=O)c1ccc2c(c1)nc(OCCOCCC[C@H](C)NC(=O)OC(C)(C)C)c1ccncc12.